The highest BCUT2D eigenvalue weighted by atomic mass is 19.4. The zero-order valence-electron chi connectivity index (χ0n) is 15.3. The van der Waals surface area contributed by atoms with E-state index in [4.69, 9.17) is 4.74 Å². The molecule has 1 aliphatic rings. The molecule has 3 rings (SSSR count). The molecule has 0 bridgehead atoms. The number of fused-ring (bicyclic) bond motifs is 1. The van der Waals surface area contributed by atoms with Crippen molar-refractivity contribution < 1.29 is 22.7 Å². The summed E-state index contributed by atoms with van der Waals surface area (Å²) < 4.78 is 43.1. The van der Waals surface area contributed by atoms with Crippen LogP contribution in [-0.4, -0.2) is 19.4 Å². The van der Waals surface area contributed by atoms with Crippen molar-refractivity contribution in [2.24, 2.45) is 0 Å². The Kier molecular flexibility index (Phi) is 4.76. The van der Waals surface area contributed by atoms with Crippen molar-refractivity contribution in [2.75, 3.05) is 18.6 Å². The fraction of sp³-hybridized carbons (Fsp3) is 0.286. The van der Waals surface area contributed by atoms with Crippen LogP contribution in [0.1, 0.15) is 25.0 Å². The van der Waals surface area contributed by atoms with Gasteiger partial charge in [-0.05, 0) is 35.9 Å². The monoisotopic (exact) mass is 375 g/mol. The molecule has 0 radical (unpaired) electrons. The van der Waals surface area contributed by atoms with E-state index in [0.29, 0.717) is 0 Å². The van der Waals surface area contributed by atoms with Crippen LogP contribution in [0.3, 0.4) is 0 Å². The first-order chi connectivity index (χ1) is 12.6. The number of ketones is 1. The minimum atomic E-state index is -4.40. The molecule has 0 aliphatic carbocycles. The van der Waals surface area contributed by atoms with Gasteiger partial charge in [0.05, 0.1) is 5.56 Å². The second-order valence-corrected chi connectivity index (χ2v) is 7.01. The average Bonchev–Trinajstić information content (AvgIpc) is 2.81. The first kappa shape index (κ1) is 19.0. The molecule has 0 saturated carbocycles. The van der Waals surface area contributed by atoms with Gasteiger partial charge in [-0.25, -0.2) is 0 Å². The summed E-state index contributed by atoms with van der Waals surface area (Å²) >= 11 is 0. The minimum Gasteiger partial charge on any atom is -0.485 e. The number of anilines is 1. The van der Waals surface area contributed by atoms with Gasteiger partial charge >= 0.3 is 6.18 Å². The maximum atomic E-state index is 12.6. The number of allylic oxidation sites excluding steroid dienone is 1. The standard InChI is InChI=1S/C21H20F3NO2/c1-20(2)17-6-4-5-7-18(17)25(3)19(20)12-15(26)13-27-16-10-8-14(9-11-16)21(22,23)24/h4-12H,13H2,1-3H3. The van der Waals surface area contributed by atoms with Crippen molar-refractivity contribution in [3.05, 3.63) is 71.4 Å². The quantitative estimate of drug-likeness (QED) is 0.707. The van der Waals surface area contributed by atoms with Crippen molar-refractivity contribution in [1.82, 2.24) is 0 Å². The van der Waals surface area contributed by atoms with Crippen LogP contribution in [0.5, 0.6) is 5.75 Å². The third kappa shape index (κ3) is 3.70. The van der Waals surface area contributed by atoms with Crippen LogP contribution < -0.4 is 9.64 Å². The first-order valence-corrected chi connectivity index (χ1v) is 8.49. The van der Waals surface area contributed by atoms with E-state index in [1.807, 2.05) is 50.1 Å². The molecule has 27 heavy (non-hydrogen) atoms. The molecule has 0 unspecified atom stereocenters. The van der Waals surface area contributed by atoms with Gasteiger partial charge in [-0.3, -0.25) is 4.79 Å². The maximum Gasteiger partial charge on any atom is 0.416 e. The Balaban J connectivity index is 1.71. The molecule has 3 nitrogen and oxygen atoms in total. The van der Waals surface area contributed by atoms with Gasteiger partial charge in [-0.15, -0.1) is 0 Å². The van der Waals surface area contributed by atoms with Crippen LogP contribution in [0.4, 0.5) is 18.9 Å². The number of carbonyl (C=O) groups excluding carboxylic acids is 1. The number of ether oxygens (including phenoxy) is 1. The second-order valence-electron chi connectivity index (χ2n) is 7.01. The Bertz CT molecular complexity index is 883. The summed E-state index contributed by atoms with van der Waals surface area (Å²) in [6, 6.07) is 12.2. The molecule has 0 atom stereocenters. The van der Waals surface area contributed by atoms with Gasteiger partial charge in [-0.2, -0.15) is 13.2 Å². The molecule has 1 heterocycles. The Labute approximate surface area is 156 Å². The van der Waals surface area contributed by atoms with Gasteiger partial charge in [0.1, 0.15) is 5.75 Å². The number of para-hydroxylation sites is 1. The lowest BCUT2D eigenvalue weighted by Crippen LogP contribution is -2.25. The number of likely N-dealkylation sites (N-methyl/N-ethyl adjacent to an activating group) is 1. The SMILES string of the molecule is CN1C(=CC(=O)COc2ccc(C(F)(F)F)cc2)C(C)(C)c2ccccc21. The molecule has 0 aromatic heterocycles. The molecule has 2 aromatic carbocycles. The average molecular weight is 375 g/mol. The molecule has 0 saturated heterocycles. The minimum absolute atomic E-state index is 0.220. The molecular weight excluding hydrogens is 355 g/mol. The number of alkyl halides is 3. The van der Waals surface area contributed by atoms with Gasteiger partial charge < -0.3 is 9.64 Å². The van der Waals surface area contributed by atoms with Crippen LogP contribution in [0.2, 0.25) is 0 Å². The van der Waals surface area contributed by atoms with Crippen molar-refractivity contribution in [2.45, 2.75) is 25.4 Å². The number of rotatable bonds is 4. The summed E-state index contributed by atoms with van der Waals surface area (Å²) in [6.45, 7) is 3.85. The third-order valence-corrected chi connectivity index (χ3v) is 4.80. The summed E-state index contributed by atoms with van der Waals surface area (Å²) in [7, 11) is 1.91. The fourth-order valence-corrected chi connectivity index (χ4v) is 3.35. The summed E-state index contributed by atoms with van der Waals surface area (Å²) in [5.74, 6) is -0.0327. The van der Waals surface area contributed by atoms with Crippen molar-refractivity contribution >= 4 is 11.5 Å². The van der Waals surface area contributed by atoms with Crippen molar-refractivity contribution in [3.8, 4) is 5.75 Å². The predicted molar refractivity (Wildman–Crippen MR) is 97.9 cm³/mol. The number of carbonyl (C=O) groups is 1. The lowest BCUT2D eigenvalue weighted by atomic mass is 9.83. The van der Waals surface area contributed by atoms with E-state index >= 15 is 0 Å². The van der Waals surface area contributed by atoms with E-state index in [9.17, 15) is 18.0 Å². The highest BCUT2D eigenvalue weighted by molar-refractivity contribution is 5.93. The fourth-order valence-electron chi connectivity index (χ4n) is 3.35. The molecule has 1 aliphatic heterocycles. The number of halogens is 3. The number of nitrogens with zero attached hydrogens (tertiary/aromatic N) is 1. The van der Waals surface area contributed by atoms with Crippen molar-refractivity contribution in [1.29, 1.82) is 0 Å². The van der Waals surface area contributed by atoms with Gasteiger partial charge in [-0.1, -0.05) is 32.0 Å². The highest BCUT2D eigenvalue weighted by Crippen LogP contribution is 2.46. The molecule has 0 fully saturated rings. The first-order valence-electron chi connectivity index (χ1n) is 8.49. The van der Waals surface area contributed by atoms with Crippen LogP contribution >= 0.6 is 0 Å². The van der Waals surface area contributed by atoms with Crippen LogP contribution in [0.15, 0.2) is 60.3 Å². The molecule has 142 valence electrons. The van der Waals surface area contributed by atoms with Gasteiger partial charge in [0.15, 0.2) is 12.4 Å². The third-order valence-electron chi connectivity index (χ3n) is 4.80. The second kappa shape index (κ2) is 6.76. The van der Waals surface area contributed by atoms with Crippen LogP contribution in [0.25, 0.3) is 0 Å². The van der Waals surface area contributed by atoms with E-state index in [-0.39, 0.29) is 23.6 Å². The van der Waals surface area contributed by atoms with Gasteiger partial charge in [0.2, 0.25) is 0 Å². The molecule has 0 N–H and O–H groups in total. The van der Waals surface area contributed by atoms with E-state index < -0.39 is 11.7 Å². The predicted octanol–water partition coefficient (Wildman–Crippen LogP) is 4.96. The Morgan fingerprint density at radius 1 is 1.11 bits per heavy atom. The zero-order chi connectivity index (χ0) is 19.8. The topological polar surface area (TPSA) is 29.5 Å². The Hall–Kier alpha value is -2.76. The highest BCUT2D eigenvalue weighted by Gasteiger charge is 2.38. The van der Waals surface area contributed by atoms with E-state index in [2.05, 4.69) is 0 Å². The lowest BCUT2D eigenvalue weighted by molar-refractivity contribution is -0.137. The van der Waals surface area contributed by atoms with Gasteiger partial charge in [0, 0.05) is 29.9 Å². The summed E-state index contributed by atoms with van der Waals surface area (Å²) in [4.78, 5) is 14.4. The number of hydrogen-bond donors (Lipinski definition) is 0. The van der Waals surface area contributed by atoms with E-state index in [1.165, 1.54) is 12.1 Å². The molecule has 0 spiro atoms. The van der Waals surface area contributed by atoms with Crippen molar-refractivity contribution in [3.63, 3.8) is 0 Å². The molecule has 0 amide bonds. The largest absolute Gasteiger partial charge is 0.485 e. The summed E-state index contributed by atoms with van der Waals surface area (Å²) in [5, 5.41) is 0. The number of benzene rings is 2. The number of hydrogen-bond acceptors (Lipinski definition) is 3. The normalized spacial score (nSPS) is 17.1. The van der Waals surface area contributed by atoms with E-state index in [0.717, 1.165) is 29.1 Å². The van der Waals surface area contributed by atoms with Gasteiger partial charge in [0.25, 0.3) is 0 Å². The summed E-state index contributed by atoms with van der Waals surface area (Å²) in [5.41, 5.74) is 1.95. The maximum absolute atomic E-state index is 12.6. The van der Waals surface area contributed by atoms with Crippen LogP contribution in [-0.2, 0) is 16.4 Å². The van der Waals surface area contributed by atoms with E-state index in [1.54, 1.807) is 6.08 Å². The smallest absolute Gasteiger partial charge is 0.416 e. The molecular formula is C21H20F3NO2. The Morgan fingerprint density at radius 2 is 1.74 bits per heavy atom. The lowest BCUT2D eigenvalue weighted by Gasteiger charge is -2.23. The summed E-state index contributed by atoms with van der Waals surface area (Å²) in [6.07, 6.45) is -2.85. The zero-order valence-corrected chi connectivity index (χ0v) is 15.3. The Morgan fingerprint density at radius 3 is 2.33 bits per heavy atom. The van der Waals surface area contributed by atoms with Crippen LogP contribution in [0, 0.1) is 0 Å². The molecule has 6 heteroatoms. The molecule has 2 aromatic rings.